The molecule has 0 aliphatic rings. The average Bonchev–Trinajstić information content (AvgIpc) is 2.97. The largest absolute Gasteiger partial charge is 0.351 e. The number of rotatable bonds is 4. The third kappa shape index (κ3) is 2.97. The van der Waals surface area contributed by atoms with Gasteiger partial charge in [0.15, 0.2) is 0 Å². The van der Waals surface area contributed by atoms with Crippen molar-refractivity contribution in [1.82, 2.24) is 10.3 Å². The summed E-state index contributed by atoms with van der Waals surface area (Å²) in [6.45, 7) is 2.74. The zero-order chi connectivity index (χ0) is 14.7. The van der Waals surface area contributed by atoms with Crippen molar-refractivity contribution in [2.75, 3.05) is 6.54 Å². The molecule has 0 spiro atoms. The van der Waals surface area contributed by atoms with Crippen LogP contribution in [0.3, 0.4) is 0 Å². The summed E-state index contributed by atoms with van der Waals surface area (Å²) < 4.78 is 0. The van der Waals surface area contributed by atoms with Crippen LogP contribution in [0.5, 0.6) is 0 Å². The van der Waals surface area contributed by atoms with Gasteiger partial charge < -0.3 is 10.3 Å². The number of aromatic amines is 1. The molecule has 0 unspecified atom stereocenters. The summed E-state index contributed by atoms with van der Waals surface area (Å²) in [6, 6.07) is 20.0. The lowest BCUT2D eigenvalue weighted by atomic mass is 10.0. The van der Waals surface area contributed by atoms with Gasteiger partial charge in [-0.05, 0) is 23.6 Å². The minimum absolute atomic E-state index is 0.0611. The second-order valence-corrected chi connectivity index (χ2v) is 5.29. The Hall–Kier alpha value is -2.55. The first kappa shape index (κ1) is 13.4. The third-order valence-electron chi connectivity index (χ3n) is 3.71. The molecule has 2 N–H and O–H groups in total. The summed E-state index contributed by atoms with van der Waals surface area (Å²) >= 11 is 0. The summed E-state index contributed by atoms with van der Waals surface area (Å²) in [5.41, 5.74) is 2.82. The maximum Gasteiger partial charge on any atom is 0.267 e. The molecule has 0 aliphatic heterocycles. The monoisotopic (exact) mass is 278 g/mol. The first-order valence-corrected chi connectivity index (χ1v) is 7.15. The van der Waals surface area contributed by atoms with Crippen LogP contribution in [0.15, 0.2) is 60.7 Å². The quantitative estimate of drug-likeness (QED) is 0.751. The fourth-order valence-electron chi connectivity index (χ4n) is 2.44. The number of nitrogens with one attached hydrogen (secondary N) is 2. The molecule has 0 saturated carbocycles. The van der Waals surface area contributed by atoms with Gasteiger partial charge >= 0.3 is 0 Å². The molecular formula is C18H18N2O. The van der Waals surface area contributed by atoms with Gasteiger partial charge in [0.05, 0.1) is 0 Å². The van der Waals surface area contributed by atoms with Crippen LogP contribution in [0, 0.1) is 0 Å². The maximum atomic E-state index is 12.2. The second kappa shape index (κ2) is 5.83. The lowest BCUT2D eigenvalue weighted by molar-refractivity contribution is 0.0947. The summed E-state index contributed by atoms with van der Waals surface area (Å²) in [4.78, 5) is 15.4. The third-order valence-corrected chi connectivity index (χ3v) is 3.71. The molecule has 0 fully saturated rings. The number of carbonyl (C=O) groups excluding carboxylic acids is 1. The van der Waals surface area contributed by atoms with Crippen molar-refractivity contribution in [1.29, 1.82) is 0 Å². The highest BCUT2D eigenvalue weighted by Gasteiger charge is 2.11. The van der Waals surface area contributed by atoms with E-state index in [0.29, 0.717) is 18.2 Å². The van der Waals surface area contributed by atoms with Crippen LogP contribution in [0.25, 0.3) is 10.9 Å². The molecule has 3 heteroatoms. The zero-order valence-electron chi connectivity index (χ0n) is 12.0. The van der Waals surface area contributed by atoms with Gasteiger partial charge in [0.25, 0.3) is 5.91 Å². The van der Waals surface area contributed by atoms with Gasteiger partial charge in [-0.15, -0.1) is 0 Å². The van der Waals surface area contributed by atoms with Crippen LogP contribution >= 0.6 is 0 Å². The number of H-pyrrole nitrogens is 1. The molecule has 2 aromatic carbocycles. The maximum absolute atomic E-state index is 12.2. The summed E-state index contributed by atoms with van der Waals surface area (Å²) in [5, 5.41) is 4.04. The number of amides is 1. The van der Waals surface area contributed by atoms with E-state index in [-0.39, 0.29) is 5.91 Å². The van der Waals surface area contributed by atoms with E-state index in [4.69, 9.17) is 0 Å². The molecule has 1 heterocycles. The SMILES string of the molecule is C[C@@H](CNC(=O)c1cc2ccccc2[nH]1)c1ccccc1. The average molecular weight is 278 g/mol. The van der Waals surface area contributed by atoms with Crippen molar-refractivity contribution in [3.8, 4) is 0 Å². The Labute approximate surface area is 124 Å². The Morgan fingerprint density at radius 3 is 2.57 bits per heavy atom. The lowest BCUT2D eigenvalue weighted by Gasteiger charge is -2.12. The van der Waals surface area contributed by atoms with Crippen molar-refractivity contribution in [2.45, 2.75) is 12.8 Å². The Kier molecular flexibility index (Phi) is 3.73. The number of fused-ring (bicyclic) bond motifs is 1. The minimum atomic E-state index is -0.0611. The summed E-state index contributed by atoms with van der Waals surface area (Å²) in [7, 11) is 0. The molecule has 3 rings (SSSR count). The minimum Gasteiger partial charge on any atom is -0.351 e. The standard InChI is InChI=1S/C18H18N2O/c1-13(14-7-3-2-4-8-14)12-19-18(21)17-11-15-9-5-6-10-16(15)20-17/h2-11,13,20H,12H2,1H3,(H,19,21)/t13-/m0/s1. The highest BCUT2D eigenvalue weighted by atomic mass is 16.1. The Morgan fingerprint density at radius 2 is 1.81 bits per heavy atom. The van der Waals surface area contributed by atoms with E-state index in [9.17, 15) is 4.79 Å². The molecule has 3 nitrogen and oxygen atoms in total. The summed E-state index contributed by atoms with van der Waals surface area (Å²) in [5.74, 6) is 0.230. The van der Waals surface area contributed by atoms with Crippen molar-refractivity contribution in [3.63, 3.8) is 0 Å². The van der Waals surface area contributed by atoms with E-state index in [1.54, 1.807) is 0 Å². The highest BCUT2D eigenvalue weighted by molar-refractivity contribution is 5.97. The fourth-order valence-corrected chi connectivity index (χ4v) is 2.44. The topological polar surface area (TPSA) is 44.9 Å². The van der Waals surface area contributed by atoms with Gasteiger partial charge in [-0.2, -0.15) is 0 Å². The molecule has 0 radical (unpaired) electrons. The van der Waals surface area contributed by atoms with Gasteiger partial charge in [0, 0.05) is 17.4 Å². The van der Waals surface area contributed by atoms with Crippen molar-refractivity contribution >= 4 is 16.8 Å². The lowest BCUT2D eigenvalue weighted by Crippen LogP contribution is -2.27. The number of hydrogen-bond acceptors (Lipinski definition) is 1. The van der Waals surface area contributed by atoms with Gasteiger partial charge in [0.1, 0.15) is 5.69 Å². The van der Waals surface area contributed by atoms with Crippen LogP contribution in [0.1, 0.15) is 28.9 Å². The molecule has 3 aromatic rings. The number of aromatic nitrogens is 1. The Bertz CT molecular complexity index is 713. The van der Waals surface area contributed by atoms with E-state index in [1.165, 1.54) is 5.56 Å². The Balaban J connectivity index is 1.66. The Morgan fingerprint density at radius 1 is 1.10 bits per heavy atom. The first-order valence-electron chi connectivity index (χ1n) is 7.15. The fraction of sp³-hybridized carbons (Fsp3) is 0.167. The second-order valence-electron chi connectivity index (χ2n) is 5.29. The molecule has 0 aliphatic carbocycles. The van der Waals surface area contributed by atoms with Crippen LogP contribution < -0.4 is 5.32 Å². The predicted molar refractivity (Wildman–Crippen MR) is 85.5 cm³/mol. The number of hydrogen-bond donors (Lipinski definition) is 2. The molecular weight excluding hydrogens is 260 g/mol. The van der Waals surface area contributed by atoms with Gasteiger partial charge in [-0.25, -0.2) is 0 Å². The van der Waals surface area contributed by atoms with Gasteiger partial charge in [-0.1, -0.05) is 55.5 Å². The van der Waals surface area contributed by atoms with E-state index in [1.807, 2.05) is 48.5 Å². The molecule has 21 heavy (non-hydrogen) atoms. The van der Waals surface area contributed by atoms with Crippen LogP contribution in [-0.2, 0) is 0 Å². The van der Waals surface area contributed by atoms with Crippen LogP contribution in [-0.4, -0.2) is 17.4 Å². The van der Waals surface area contributed by atoms with Gasteiger partial charge in [-0.3, -0.25) is 4.79 Å². The van der Waals surface area contributed by atoms with Crippen LogP contribution in [0.4, 0.5) is 0 Å². The van der Waals surface area contributed by atoms with Crippen LogP contribution in [0.2, 0.25) is 0 Å². The molecule has 0 saturated heterocycles. The number of para-hydroxylation sites is 1. The molecule has 1 amide bonds. The van der Waals surface area contributed by atoms with Crippen molar-refractivity contribution in [3.05, 3.63) is 71.9 Å². The van der Waals surface area contributed by atoms with E-state index in [2.05, 4.69) is 29.4 Å². The molecule has 0 bridgehead atoms. The zero-order valence-corrected chi connectivity index (χ0v) is 12.0. The number of benzene rings is 2. The summed E-state index contributed by atoms with van der Waals surface area (Å²) in [6.07, 6.45) is 0. The normalized spacial score (nSPS) is 12.2. The molecule has 106 valence electrons. The van der Waals surface area contributed by atoms with E-state index in [0.717, 1.165) is 10.9 Å². The first-order chi connectivity index (χ1) is 10.2. The van der Waals surface area contributed by atoms with Crippen molar-refractivity contribution in [2.24, 2.45) is 0 Å². The van der Waals surface area contributed by atoms with Crippen molar-refractivity contribution < 1.29 is 4.79 Å². The highest BCUT2D eigenvalue weighted by Crippen LogP contribution is 2.16. The van der Waals surface area contributed by atoms with E-state index < -0.39 is 0 Å². The van der Waals surface area contributed by atoms with E-state index >= 15 is 0 Å². The number of carbonyl (C=O) groups is 1. The van der Waals surface area contributed by atoms with Gasteiger partial charge in [0.2, 0.25) is 0 Å². The predicted octanol–water partition coefficient (Wildman–Crippen LogP) is 3.70. The molecule has 1 atom stereocenters. The molecule has 1 aromatic heterocycles. The smallest absolute Gasteiger partial charge is 0.267 e.